The van der Waals surface area contributed by atoms with E-state index >= 15 is 0 Å². The van der Waals surface area contributed by atoms with Crippen LogP contribution in [0.2, 0.25) is 0 Å². The van der Waals surface area contributed by atoms with Crippen LogP contribution in [0.4, 0.5) is 0 Å². The lowest BCUT2D eigenvalue weighted by Gasteiger charge is -2.24. The van der Waals surface area contributed by atoms with Gasteiger partial charge in [0.1, 0.15) is 5.75 Å². The SMILES string of the molecule is CCNC[C@@H](c1ccc(O)c(O)c1)[C@@H](OC(=O)C=Cc1cc(O)c(O)cc1C=Cc1cc(O)c(O)cc1-c1cccc(O)c1)C(=O)O. The van der Waals surface area contributed by atoms with Gasteiger partial charge < -0.3 is 50.9 Å². The predicted octanol–water partition coefficient (Wildman–Crippen LogP) is 4.87. The van der Waals surface area contributed by atoms with Crippen LogP contribution >= 0.6 is 0 Å². The zero-order chi connectivity index (χ0) is 34.2. The van der Waals surface area contributed by atoms with Gasteiger partial charge in [0.2, 0.25) is 6.10 Å². The van der Waals surface area contributed by atoms with Crippen LogP contribution < -0.4 is 5.32 Å². The number of rotatable bonds is 12. The Bertz CT molecular complexity index is 1850. The van der Waals surface area contributed by atoms with Crippen LogP contribution in [-0.4, -0.2) is 72.0 Å². The van der Waals surface area contributed by atoms with Gasteiger partial charge >= 0.3 is 11.9 Å². The summed E-state index contributed by atoms with van der Waals surface area (Å²) < 4.78 is 5.33. The number of benzene rings is 4. The minimum atomic E-state index is -1.69. The minimum absolute atomic E-state index is 0.0212. The van der Waals surface area contributed by atoms with Crippen LogP contribution in [0.1, 0.15) is 35.1 Å². The molecule has 0 bridgehead atoms. The second-order valence-electron chi connectivity index (χ2n) is 10.5. The number of ether oxygens (including phenoxy) is 1. The number of hydrogen-bond donors (Lipinski definition) is 9. The van der Waals surface area contributed by atoms with Gasteiger partial charge in [-0.3, -0.25) is 0 Å². The van der Waals surface area contributed by atoms with Crippen molar-refractivity contribution in [3.05, 3.63) is 95.1 Å². The third-order valence-electron chi connectivity index (χ3n) is 7.22. The van der Waals surface area contributed by atoms with Gasteiger partial charge in [0, 0.05) is 18.5 Å². The molecule has 0 fully saturated rings. The highest BCUT2D eigenvalue weighted by atomic mass is 16.6. The van der Waals surface area contributed by atoms with Gasteiger partial charge in [0.05, 0.1) is 0 Å². The average Bonchev–Trinajstić information content (AvgIpc) is 3.03. The molecule has 9 N–H and O–H groups in total. The lowest BCUT2D eigenvalue weighted by Crippen LogP contribution is -2.38. The molecule has 0 saturated carbocycles. The lowest BCUT2D eigenvalue weighted by molar-refractivity contribution is -0.162. The maximum Gasteiger partial charge on any atom is 0.345 e. The summed E-state index contributed by atoms with van der Waals surface area (Å²) in [6.45, 7) is 2.33. The summed E-state index contributed by atoms with van der Waals surface area (Å²) in [5.74, 6) is -6.10. The van der Waals surface area contributed by atoms with Crippen LogP contribution in [0.25, 0.3) is 29.4 Å². The van der Waals surface area contributed by atoms with E-state index in [2.05, 4.69) is 5.32 Å². The first kappa shape index (κ1) is 33.7. The van der Waals surface area contributed by atoms with Crippen molar-refractivity contribution in [1.82, 2.24) is 5.32 Å². The van der Waals surface area contributed by atoms with Gasteiger partial charge in [0.15, 0.2) is 34.5 Å². The van der Waals surface area contributed by atoms with Crippen molar-refractivity contribution in [3.63, 3.8) is 0 Å². The Morgan fingerprint density at radius 3 is 1.94 bits per heavy atom. The highest BCUT2D eigenvalue weighted by molar-refractivity contribution is 5.91. The highest BCUT2D eigenvalue weighted by Gasteiger charge is 2.33. The van der Waals surface area contributed by atoms with E-state index in [9.17, 15) is 50.4 Å². The first-order valence-corrected chi connectivity index (χ1v) is 14.3. The van der Waals surface area contributed by atoms with Gasteiger partial charge in [-0.05, 0) is 94.5 Å². The second kappa shape index (κ2) is 14.8. The van der Waals surface area contributed by atoms with E-state index in [4.69, 9.17) is 4.74 Å². The number of nitrogens with one attached hydrogen (secondary N) is 1. The molecule has 0 radical (unpaired) electrons. The molecular formula is C35H33NO11. The molecule has 0 aliphatic heterocycles. The summed E-state index contributed by atoms with van der Waals surface area (Å²) in [7, 11) is 0. The molecule has 0 heterocycles. The first-order valence-electron chi connectivity index (χ1n) is 14.3. The number of carboxylic acids is 1. The number of aromatic hydroxyl groups is 7. The third kappa shape index (κ3) is 8.32. The summed E-state index contributed by atoms with van der Waals surface area (Å²) >= 11 is 0. The number of carboxylic acid groups (broad SMARTS) is 1. The van der Waals surface area contributed by atoms with Gasteiger partial charge in [-0.15, -0.1) is 0 Å². The van der Waals surface area contributed by atoms with E-state index in [-0.39, 0.29) is 29.2 Å². The van der Waals surface area contributed by atoms with Gasteiger partial charge in [-0.1, -0.05) is 37.3 Å². The fraction of sp³-hybridized carbons (Fsp3) is 0.143. The molecule has 0 aliphatic rings. The number of carbonyl (C=O) groups excluding carboxylic acids is 1. The Balaban J connectivity index is 1.65. The number of carbonyl (C=O) groups is 2. The number of esters is 1. The standard InChI is InChI=1S/C35H33NO11/c1-2-36-18-26(23-8-10-27(38)28(39)16-23)34(35(45)46)47-33(44)11-9-20-14-30(41)29(40)13-19(20)6-7-22-15-31(42)32(43)17-25(22)21-4-3-5-24(37)12-21/h3-17,26,34,36-43H,2,18H2,1H3,(H,45,46)/t26-,34+/m0/s1. The maximum atomic E-state index is 12.9. The van der Waals surface area contributed by atoms with E-state index < -0.39 is 52.7 Å². The van der Waals surface area contributed by atoms with E-state index in [0.717, 1.165) is 6.08 Å². The van der Waals surface area contributed by atoms with E-state index in [1.54, 1.807) is 25.1 Å². The Kier molecular flexibility index (Phi) is 10.6. The Morgan fingerprint density at radius 1 is 0.723 bits per heavy atom. The molecule has 2 atom stereocenters. The quantitative estimate of drug-likeness (QED) is 0.0437. The van der Waals surface area contributed by atoms with Crippen molar-refractivity contribution in [1.29, 1.82) is 0 Å². The molecule has 0 amide bonds. The van der Waals surface area contributed by atoms with E-state index in [1.807, 2.05) is 0 Å². The minimum Gasteiger partial charge on any atom is -0.508 e. The van der Waals surface area contributed by atoms with Crippen molar-refractivity contribution in [3.8, 4) is 51.4 Å². The van der Waals surface area contributed by atoms with Crippen molar-refractivity contribution in [2.24, 2.45) is 0 Å². The predicted molar refractivity (Wildman–Crippen MR) is 173 cm³/mol. The monoisotopic (exact) mass is 643 g/mol. The summed E-state index contributed by atoms with van der Waals surface area (Å²) in [6, 6.07) is 15.0. The number of phenols is 7. The van der Waals surface area contributed by atoms with Crippen LogP contribution in [0.3, 0.4) is 0 Å². The molecule has 0 aromatic heterocycles. The summed E-state index contributed by atoms with van der Waals surface area (Å²) in [5.41, 5.74) is 2.19. The number of phenolic OH excluding ortho intramolecular Hbond substituents is 7. The normalized spacial score (nSPS) is 12.7. The molecule has 0 unspecified atom stereocenters. The molecular weight excluding hydrogens is 610 g/mol. The molecule has 0 saturated heterocycles. The first-order chi connectivity index (χ1) is 22.4. The van der Waals surface area contributed by atoms with E-state index in [1.165, 1.54) is 66.7 Å². The molecule has 0 aliphatic carbocycles. The molecule has 12 heteroatoms. The summed E-state index contributed by atoms with van der Waals surface area (Å²) in [5, 5.41) is 83.2. The fourth-order valence-corrected chi connectivity index (χ4v) is 4.83. The topological polar surface area (TPSA) is 217 Å². The van der Waals surface area contributed by atoms with Crippen molar-refractivity contribution in [2.75, 3.05) is 13.1 Å². The molecule has 47 heavy (non-hydrogen) atoms. The molecule has 4 rings (SSSR count). The number of aliphatic carboxylic acids is 1. The largest absolute Gasteiger partial charge is 0.508 e. The smallest absolute Gasteiger partial charge is 0.345 e. The molecule has 12 nitrogen and oxygen atoms in total. The maximum absolute atomic E-state index is 12.9. The van der Waals surface area contributed by atoms with Crippen LogP contribution in [-0.2, 0) is 14.3 Å². The molecule has 4 aromatic carbocycles. The Labute approximate surface area is 269 Å². The zero-order valence-electron chi connectivity index (χ0n) is 25.0. The summed E-state index contributed by atoms with van der Waals surface area (Å²) in [4.78, 5) is 25.1. The molecule has 0 spiro atoms. The number of hydrogen-bond acceptors (Lipinski definition) is 11. The van der Waals surface area contributed by atoms with Gasteiger partial charge in [0.25, 0.3) is 0 Å². The number of likely N-dealkylation sites (N-methyl/N-ethyl adjacent to an activating group) is 1. The fourth-order valence-electron chi connectivity index (χ4n) is 4.83. The zero-order valence-corrected chi connectivity index (χ0v) is 25.0. The van der Waals surface area contributed by atoms with E-state index in [0.29, 0.717) is 28.8 Å². The van der Waals surface area contributed by atoms with Crippen LogP contribution in [0.15, 0.2) is 72.8 Å². The van der Waals surface area contributed by atoms with Gasteiger partial charge in [-0.2, -0.15) is 0 Å². The van der Waals surface area contributed by atoms with Gasteiger partial charge in [-0.25, -0.2) is 9.59 Å². The Morgan fingerprint density at radius 2 is 1.32 bits per heavy atom. The molecule has 244 valence electrons. The molecule has 4 aromatic rings. The van der Waals surface area contributed by atoms with Crippen molar-refractivity contribution >= 4 is 30.2 Å². The van der Waals surface area contributed by atoms with Crippen LogP contribution in [0, 0.1) is 0 Å². The van der Waals surface area contributed by atoms with Crippen molar-refractivity contribution in [2.45, 2.75) is 18.9 Å². The summed E-state index contributed by atoms with van der Waals surface area (Å²) in [6.07, 6.45) is 3.55. The van der Waals surface area contributed by atoms with Crippen LogP contribution in [0.5, 0.6) is 40.2 Å². The Hall–Kier alpha value is -6.14. The highest BCUT2D eigenvalue weighted by Crippen LogP contribution is 2.37. The average molecular weight is 644 g/mol. The third-order valence-corrected chi connectivity index (χ3v) is 7.22. The lowest BCUT2D eigenvalue weighted by atomic mass is 9.92. The second-order valence-corrected chi connectivity index (χ2v) is 10.5. The van der Waals surface area contributed by atoms with Crippen molar-refractivity contribution < 1.29 is 55.2 Å².